The van der Waals surface area contributed by atoms with Crippen molar-refractivity contribution in [3.63, 3.8) is 0 Å². The van der Waals surface area contributed by atoms with Crippen LogP contribution in [0.25, 0.3) is 22.3 Å². The molecule has 2 heterocycles. The van der Waals surface area contributed by atoms with Crippen molar-refractivity contribution < 1.29 is 22.3 Å². The van der Waals surface area contributed by atoms with Gasteiger partial charge in [0.1, 0.15) is 10.7 Å². The van der Waals surface area contributed by atoms with E-state index in [1.165, 1.54) is 25.4 Å². The lowest BCUT2D eigenvalue weighted by Gasteiger charge is -2.18. The summed E-state index contributed by atoms with van der Waals surface area (Å²) >= 11 is 0. The van der Waals surface area contributed by atoms with E-state index in [-0.39, 0.29) is 22.5 Å². The number of aromatic nitrogens is 2. The van der Waals surface area contributed by atoms with E-state index in [9.17, 15) is 17.6 Å². The summed E-state index contributed by atoms with van der Waals surface area (Å²) in [7, 11) is -2.42. The van der Waals surface area contributed by atoms with Crippen molar-refractivity contribution in [1.29, 1.82) is 0 Å². The van der Waals surface area contributed by atoms with Crippen LogP contribution in [0.4, 0.5) is 4.39 Å². The number of rotatable bonds is 6. The Hall–Kier alpha value is -2.78. The number of pyridine rings is 1. The Morgan fingerprint density at radius 2 is 1.94 bits per heavy atom. The molecule has 1 saturated carbocycles. The fraction of sp³-hybridized carbons (Fsp3) is 0.417. The summed E-state index contributed by atoms with van der Waals surface area (Å²) in [5.74, 6) is -0.994. The van der Waals surface area contributed by atoms with Crippen molar-refractivity contribution in [3.8, 4) is 11.4 Å². The van der Waals surface area contributed by atoms with Crippen molar-refractivity contribution in [2.45, 2.75) is 63.4 Å². The van der Waals surface area contributed by atoms with Gasteiger partial charge >= 0.3 is 5.97 Å². The molecule has 0 unspecified atom stereocenters. The molecule has 0 amide bonds. The molecule has 1 fully saturated rings. The molecule has 4 rings (SSSR count). The molecule has 1 aromatic carbocycles. The van der Waals surface area contributed by atoms with Crippen molar-refractivity contribution >= 4 is 26.9 Å². The van der Waals surface area contributed by atoms with Gasteiger partial charge < -0.3 is 9.30 Å². The molecule has 3 aromatic rings. The highest BCUT2D eigenvalue weighted by molar-refractivity contribution is 7.89. The van der Waals surface area contributed by atoms with Crippen LogP contribution in [0.5, 0.6) is 0 Å². The lowest BCUT2D eigenvalue weighted by molar-refractivity contribution is 0.0603. The van der Waals surface area contributed by atoms with Crippen LogP contribution in [0.15, 0.2) is 35.4 Å². The van der Waals surface area contributed by atoms with Crippen molar-refractivity contribution in [3.05, 3.63) is 47.4 Å². The standard InChI is InChI=1S/C24H28FN3O4S/c1-14(2)27-33(30,31)17-9-10-20(26-13-17)23-22(24(29)32-4)18-12-19(25)15(3)11-21(18)28(23)16-7-5-6-8-16/h9-14,16,27H,5-8H2,1-4H3. The fourth-order valence-electron chi connectivity index (χ4n) is 4.59. The van der Waals surface area contributed by atoms with Crippen LogP contribution in [0, 0.1) is 12.7 Å². The minimum Gasteiger partial charge on any atom is -0.465 e. The summed E-state index contributed by atoms with van der Waals surface area (Å²) in [6, 6.07) is 6.05. The zero-order chi connectivity index (χ0) is 23.9. The van der Waals surface area contributed by atoms with Gasteiger partial charge in [-0.3, -0.25) is 4.98 Å². The van der Waals surface area contributed by atoms with Gasteiger partial charge in [-0.25, -0.2) is 22.3 Å². The molecule has 1 aliphatic rings. The van der Waals surface area contributed by atoms with E-state index in [1.807, 2.05) is 0 Å². The molecule has 33 heavy (non-hydrogen) atoms. The summed E-state index contributed by atoms with van der Waals surface area (Å²) < 4.78 is 49.3. The highest BCUT2D eigenvalue weighted by Crippen LogP contribution is 2.42. The Kier molecular flexibility index (Phi) is 6.28. The number of nitrogens with one attached hydrogen (secondary N) is 1. The molecule has 0 radical (unpaired) electrons. The molecule has 0 bridgehead atoms. The molecule has 0 spiro atoms. The molecule has 1 N–H and O–H groups in total. The summed E-state index contributed by atoms with van der Waals surface area (Å²) in [6.45, 7) is 5.17. The topological polar surface area (TPSA) is 90.3 Å². The predicted molar refractivity (Wildman–Crippen MR) is 124 cm³/mol. The van der Waals surface area contributed by atoms with Gasteiger partial charge in [-0.2, -0.15) is 0 Å². The van der Waals surface area contributed by atoms with Gasteiger partial charge in [-0.15, -0.1) is 0 Å². The monoisotopic (exact) mass is 473 g/mol. The van der Waals surface area contributed by atoms with Crippen LogP contribution >= 0.6 is 0 Å². The first-order valence-electron chi connectivity index (χ1n) is 11.0. The lowest BCUT2D eigenvalue weighted by atomic mass is 10.1. The number of sulfonamides is 1. The Bertz CT molecular complexity index is 1310. The third-order valence-corrected chi connectivity index (χ3v) is 7.69. The molecule has 0 saturated heterocycles. The quantitative estimate of drug-likeness (QED) is 0.522. The van der Waals surface area contributed by atoms with Crippen LogP contribution in [-0.2, 0) is 14.8 Å². The van der Waals surface area contributed by atoms with Crippen LogP contribution < -0.4 is 4.72 Å². The summed E-state index contributed by atoms with van der Waals surface area (Å²) in [6.07, 6.45) is 5.26. The lowest BCUT2D eigenvalue weighted by Crippen LogP contribution is -2.30. The second kappa shape index (κ2) is 8.87. The van der Waals surface area contributed by atoms with Gasteiger partial charge in [0, 0.05) is 23.7 Å². The van der Waals surface area contributed by atoms with Gasteiger partial charge in [0.05, 0.1) is 29.6 Å². The maximum absolute atomic E-state index is 14.6. The number of ether oxygens (including phenoxy) is 1. The molecule has 1 aliphatic carbocycles. The van der Waals surface area contributed by atoms with Crippen LogP contribution in [-0.4, -0.2) is 37.1 Å². The Morgan fingerprint density at radius 1 is 1.24 bits per heavy atom. The number of aryl methyl sites for hydroxylation is 1. The maximum atomic E-state index is 14.6. The first-order chi connectivity index (χ1) is 15.6. The van der Waals surface area contributed by atoms with Gasteiger partial charge in [-0.1, -0.05) is 12.8 Å². The highest BCUT2D eigenvalue weighted by Gasteiger charge is 2.31. The number of hydrogen-bond acceptors (Lipinski definition) is 5. The average Bonchev–Trinajstić information content (AvgIpc) is 3.39. The second-order valence-electron chi connectivity index (χ2n) is 8.80. The molecular weight excluding hydrogens is 445 g/mol. The van der Waals surface area contributed by atoms with E-state index in [1.54, 1.807) is 32.9 Å². The van der Waals surface area contributed by atoms with Crippen molar-refractivity contribution in [2.75, 3.05) is 7.11 Å². The van der Waals surface area contributed by atoms with Gasteiger partial charge in [0.25, 0.3) is 0 Å². The first-order valence-corrected chi connectivity index (χ1v) is 12.5. The van der Waals surface area contributed by atoms with Gasteiger partial charge in [0.2, 0.25) is 10.0 Å². The van der Waals surface area contributed by atoms with Crippen LogP contribution in [0.1, 0.15) is 61.5 Å². The number of halogens is 1. The zero-order valence-corrected chi connectivity index (χ0v) is 20.0. The second-order valence-corrected chi connectivity index (χ2v) is 10.5. The van der Waals surface area contributed by atoms with E-state index in [0.717, 1.165) is 31.2 Å². The molecule has 176 valence electrons. The third-order valence-electron chi connectivity index (χ3n) is 6.04. The number of esters is 1. The molecular formula is C24H28FN3O4S. The maximum Gasteiger partial charge on any atom is 0.340 e. The number of carbonyl (C=O) groups excluding carboxylic acids is 1. The van der Waals surface area contributed by atoms with Gasteiger partial charge in [0.15, 0.2) is 0 Å². The summed E-state index contributed by atoms with van der Waals surface area (Å²) in [5, 5.41) is 0.465. The minimum atomic E-state index is -3.71. The average molecular weight is 474 g/mol. The molecule has 0 atom stereocenters. The van der Waals surface area contributed by atoms with E-state index >= 15 is 0 Å². The Labute approximate surface area is 193 Å². The molecule has 2 aromatic heterocycles. The van der Waals surface area contributed by atoms with Crippen molar-refractivity contribution in [2.24, 2.45) is 0 Å². The number of hydrogen-bond donors (Lipinski definition) is 1. The smallest absolute Gasteiger partial charge is 0.340 e. The first kappa shape index (κ1) is 23.4. The van der Waals surface area contributed by atoms with Crippen LogP contribution in [0.2, 0.25) is 0 Å². The van der Waals surface area contributed by atoms with Crippen LogP contribution in [0.3, 0.4) is 0 Å². The van der Waals surface area contributed by atoms with E-state index in [4.69, 9.17) is 4.74 Å². The molecule has 0 aliphatic heterocycles. The number of methoxy groups -OCH3 is 1. The zero-order valence-electron chi connectivity index (χ0n) is 19.2. The third kappa shape index (κ3) is 4.27. The number of carbonyl (C=O) groups is 1. The van der Waals surface area contributed by atoms with E-state index < -0.39 is 21.8 Å². The highest BCUT2D eigenvalue weighted by atomic mass is 32.2. The summed E-state index contributed by atoms with van der Waals surface area (Å²) in [4.78, 5) is 17.4. The number of fused-ring (bicyclic) bond motifs is 1. The SMILES string of the molecule is COC(=O)c1c(-c2ccc(S(=O)(=O)NC(C)C)cn2)n(C2CCCC2)c2cc(C)c(F)cc12. The van der Waals surface area contributed by atoms with E-state index in [2.05, 4.69) is 14.3 Å². The molecule has 9 heteroatoms. The van der Waals surface area contributed by atoms with Gasteiger partial charge in [-0.05, 0) is 63.4 Å². The normalized spacial score (nSPS) is 15.0. The largest absolute Gasteiger partial charge is 0.465 e. The number of nitrogens with zero attached hydrogens (tertiary/aromatic N) is 2. The van der Waals surface area contributed by atoms with Crippen molar-refractivity contribution in [1.82, 2.24) is 14.3 Å². The summed E-state index contributed by atoms with van der Waals surface area (Å²) in [5.41, 5.74) is 2.42. The minimum absolute atomic E-state index is 0.0324. The fourth-order valence-corrected chi connectivity index (χ4v) is 5.79. The van der Waals surface area contributed by atoms with E-state index in [0.29, 0.717) is 22.3 Å². The Balaban J connectivity index is 1.98. The predicted octanol–water partition coefficient (Wildman–Crippen LogP) is 4.74. The molecule has 7 nitrogen and oxygen atoms in total. The Morgan fingerprint density at radius 3 is 2.52 bits per heavy atom. The number of benzene rings is 1.